The van der Waals surface area contributed by atoms with Gasteiger partial charge in [0.1, 0.15) is 17.4 Å². The molecule has 3 atom stereocenters. The van der Waals surface area contributed by atoms with E-state index in [4.69, 9.17) is 10.7 Å². The smallest absolute Gasteiger partial charge is 0.387 e. The molecule has 6 rings (SSSR count). The summed E-state index contributed by atoms with van der Waals surface area (Å²) in [6.45, 7) is 1.79. The lowest BCUT2D eigenvalue weighted by Crippen LogP contribution is -2.51. The van der Waals surface area contributed by atoms with E-state index in [1.54, 1.807) is 12.1 Å². The number of benzene rings is 3. The van der Waals surface area contributed by atoms with E-state index in [-0.39, 0.29) is 29.1 Å². The number of alkyl halides is 2. The highest BCUT2D eigenvalue weighted by atomic mass is 19.3. The van der Waals surface area contributed by atoms with Gasteiger partial charge in [0.25, 0.3) is 5.91 Å². The number of nitrogens with zero attached hydrogens (tertiary/aromatic N) is 2. The van der Waals surface area contributed by atoms with Gasteiger partial charge in [0.05, 0.1) is 17.1 Å². The molecule has 6 nitrogen and oxygen atoms in total. The van der Waals surface area contributed by atoms with E-state index in [9.17, 15) is 13.6 Å². The highest BCUT2D eigenvalue weighted by Crippen LogP contribution is 2.47. The monoisotopic (exact) mass is 548 g/mol. The third-order valence-corrected chi connectivity index (χ3v) is 8.58. The van der Waals surface area contributed by atoms with Crippen LogP contribution < -0.4 is 15.8 Å². The van der Waals surface area contributed by atoms with Crippen molar-refractivity contribution in [2.75, 3.05) is 0 Å². The number of aromatic nitrogens is 2. The molecule has 0 bridgehead atoms. The summed E-state index contributed by atoms with van der Waals surface area (Å²) in [5.41, 5.74) is 11.2. The van der Waals surface area contributed by atoms with Gasteiger partial charge in [-0.2, -0.15) is 8.78 Å². The number of ether oxygens (including phenoxy) is 1. The van der Waals surface area contributed by atoms with Crippen LogP contribution >= 0.6 is 0 Å². The Labute approximate surface area is 230 Å². The average Bonchev–Trinajstić information content (AvgIpc) is 3.50. The number of rotatable bonds is 7. The Morgan fingerprint density at radius 2 is 2.00 bits per heavy atom. The van der Waals surface area contributed by atoms with Gasteiger partial charge in [-0.15, -0.1) is 0 Å². The molecular weight excluding hydrogens is 517 g/mol. The molecule has 3 unspecified atom stereocenters. The van der Waals surface area contributed by atoms with Crippen molar-refractivity contribution in [3.05, 3.63) is 82.9 Å². The Morgan fingerprint density at radius 1 is 1.18 bits per heavy atom. The average molecular weight is 549 g/mol. The fourth-order valence-electron chi connectivity index (χ4n) is 6.15. The quantitative estimate of drug-likeness (QED) is 0.278. The largest absolute Gasteiger partial charge is 0.435 e. The minimum absolute atomic E-state index is 0.0756. The van der Waals surface area contributed by atoms with E-state index in [0.717, 1.165) is 46.4 Å². The Bertz CT molecular complexity index is 1620. The minimum Gasteiger partial charge on any atom is -0.435 e. The van der Waals surface area contributed by atoms with Gasteiger partial charge in [0.15, 0.2) is 0 Å². The van der Waals surface area contributed by atoms with E-state index in [0.29, 0.717) is 24.9 Å². The van der Waals surface area contributed by atoms with Gasteiger partial charge in [-0.3, -0.25) is 4.79 Å². The molecule has 1 fully saturated rings. The Balaban J connectivity index is 1.28. The summed E-state index contributed by atoms with van der Waals surface area (Å²) in [7, 11) is 0. The van der Waals surface area contributed by atoms with Gasteiger partial charge in [-0.1, -0.05) is 32.0 Å². The number of amides is 1. The molecule has 0 saturated heterocycles. The third-order valence-electron chi connectivity index (χ3n) is 8.58. The fourth-order valence-corrected chi connectivity index (χ4v) is 6.15. The first-order chi connectivity index (χ1) is 19.2. The standard InChI is InChI=1S/C31H31F3N4O2/c1-3-18-13-21(15-23(32)27(18)31(35)11-9-17(31)2)19-7-8-24-26(16-19)38-12-10-25(28(38)36-24)37-29(39)20-5-4-6-22(14-20)40-30(33)34/h4-8,13-17,25,30H,3,9-12,35H2,1-2H3,(H,37,39). The van der Waals surface area contributed by atoms with Crippen LogP contribution in [0.2, 0.25) is 0 Å². The fraction of sp³-hybridized carbons (Fsp3) is 0.355. The van der Waals surface area contributed by atoms with E-state index in [2.05, 4.69) is 27.6 Å². The highest BCUT2D eigenvalue weighted by Gasteiger charge is 2.44. The lowest BCUT2D eigenvalue weighted by molar-refractivity contribution is -0.0498. The summed E-state index contributed by atoms with van der Waals surface area (Å²) >= 11 is 0. The van der Waals surface area contributed by atoms with Gasteiger partial charge in [-0.05, 0) is 84.7 Å². The molecule has 0 radical (unpaired) electrons. The summed E-state index contributed by atoms with van der Waals surface area (Å²) in [5.74, 6) is 0.237. The molecular formula is C31H31F3N4O2. The van der Waals surface area contributed by atoms with Crippen molar-refractivity contribution in [3.63, 3.8) is 0 Å². The predicted octanol–water partition coefficient (Wildman–Crippen LogP) is 6.46. The second-order valence-corrected chi connectivity index (χ2v) is 10.9. The summed E-state index contributed by atoms with van der Waals surface area (Å²) in [5, 5.41) is 2.97. The van der Waals surface area contributed by atoms with Gasteiger partial charge in [0, 0.05) is 23.2 Å². The first kappa shape index (κ1) is 26.4. The second kappa shape index (κ2) is 9.96. The van der Waals surface area contributed by atoms with Gasteiger partial charge in [0.2, 0.25) is 0 Å². The van der Waals surface area contributed by atoms with Crippen molar-refractivity contribution in [3.8, 4) is 16.9 Å². The molecule has 2 heterocycles. The van der Waals surface area contributed by atoms with Gasteiger partial charge < -0.3 is 20.4 Å². The molecule has 3 aromatic carbocycles. The minimum atomic E-state index is -2.97. The normalized spacial score (nSPS) is 21.9. The zero-order chi connectivity index (χ0) is 28.2. The number of halogens is 3. The second-order valence-electron chi connectivity index (χ2n) is 10.9. The zero-order valence-electron chi connectivity index (χ0n) is 22.4. The summed E-state index contributed by atoms with van der Waals surface area (Å²) in [4.78, 5) is 17.7. The van der Waals surface area contributed by atoms with Gasteiger partial charge >= 0.3 is 6.61 Å². The Hall–Kier alpha value is -3.85. The summed E-state index contributed by atoms with van der Waals surface area (Å²) < 4.78 is 47.2. The first-order valence-electron chi connectivity index (χ1n) is 13.7. The lowest BCUT2D eigenvalue weighted by Gasteiger charge is -2.46. The molecule has 208 valence electrons. The van der Waals surface area contributed by atoms with Crippen molar-refractivity contribution in [1.29, 1.82) is 0 Å². The van der Waals surface area contributed by atoms with Crippen LogP contribution in [0.15, 0.2) is 54.6 Å². The SMILES string of the molecule is CCc1cc(-c2ccc3nc4n(c3c2)CCC4NC(=O)c2cccc(OC(F)F)c2)cc(F)c1C1(N)CCC1C. The number of imidazole rings is 1. The summed E-state index contributed by atoms with van der Waals surface area (Å²) in [6, 6.07) is 14.9. The van der Waals surface area contributed by atoms with Crippen LogP contribution in [-0.4, -0.2) is 22.1 Å². The van der Waals surface area contributed by atoms with Crippen LogP contribution in [0, 0.1) is 11.7 Å². The number of hydrogen-bond acceptors (Lipinski definition) is 4. The molecule has 1 amide bonds. The maximum absolute atomic E-state index is 15.6. The molecule has 40 heavy (non-hydrogen) atoms. The van der Waals surface area contributed by atoms with Crippen LogP contribution in [0.3, 0.4) is 0 Å². The molecule has 2 aliphatic rings. The zero-order valence-corrected chi connectivity index (χ0v) is 22.4. The molecule has 0 spiro atoms. The van der Waals surface area contributed by atoms with Crippen LogP contribution in [0.4, 0.5) is 13.2 Å². The molecule has 3 N–H and O–H groups in total. The topological polar surface area (TPSA) is 82.2 Å². The molecule has 1 aliphatic carbocycles. The molecule has 1 saturated carbocycles. The highest BCUT2D eigenvalue weighted by molar-refractivity contribution is 5.95. The Morgan fingerprint density at radius 3 is 2.70 bits per heavy atom. The van der Waals surface area contributed by atoms with Crippen molar-refractivity contribution >= 4 is 16.9 Å². The van der Waals surface area contributed by atoms with Crippen LogP contribution in [0.5, 0.6) is 5.75 Å². The molecule has 9 heteroatoms. The number of nitrogens with one attached hydrogen (secondary N) is 1. The van der Waals surface area contributed by atoms with E-state index in [1.165, 1.54) is 18.2 Å². The van der Waals surface area contributed by atoms with Crippen molar-refractivity contribution in [2.24, 2.45) is 11.7 Å². The maximum atomic E-state index is 15.6. The van der Waals surface area contributed by atoms with Crippen molar-refractivity contribution < 1.29 is 22.7 Å². The van der Waals surface area contributed by atoms with E-state index < -0.39 is 18.1 Å². The van der Waals surface area contributed by atoms with Crippen molar-refractivity contribution in [1.82, 2.24) is 14.9 Å². The first-order valence-corrected chi connectivity index (χ1v) is 13.7. The predicted molar refractivity (Wildman–Crippen MR) is 147 cm³/mol. The lowest BCUT2D eigenvalue weighted by atomic mass is 9.63. The van der Waals surface area contributed by atoms with E-state index >= 15 is 4.39 Å². The third kappa shape index (κ3) is 4.42. The molecule has 1 aliphatic heterocycles. The number of carbonyl (C=O) groups excluding carboxylic acids is 1. The van der Waals surface area contributed by atoms with Crippen LogP contribution in [0.25, 0.3) is 22.2 Å². The van der Waals surface area contributed by atoms with Gasteiger partial charge in [-0.25, -0.2) is 9.37 Å². The number of hydrogen-bond donors (Lipinski definition) is 2. The number of aryl methyl sites for hydroxylation is 2. The van der Waals surface area contributed by atoms with Crippen LogP contribution in [-0.2, 0) is 18.5 Å². The van der Waals surface area contributed by atoms with Crippen molar-refractivity contribution in [2.45, 2.75) is 64.3 Å². The number of carbonyl (C=O) groups is 1. The number of fused-ring (bicyclic) bond motifs is 3. The molecule has 4 aromatic rings. The van der Waals surface area contributed by atoms with Crippen LogP contribution in [0.1, 0.15) is 66.5 Å². The maximum Gasteiger partial charge on any atom is 0.387 e. The molecule has 1 aromatic heterocycles. The Kier molecular flexibility index (Phi) is 6.57. The summed E-state index contributed by atoms with van der Waals surface area (Å²) in [6.07, 6.45) is 3.12. The van der Waals surface area contributed by atoms with E-state index in [1.807, 2.05) is 25.1 Å². The number of nitrogens with two attached hydrogens (primary N) is 1.